The maximum absolute atomic E-state index is 4.47. The van der Waals surface area contributed by atoms with Gasteiger partial charge in [-0.1, -0.05) is 32.3 Å². The van der Waals surface area contributed by atoms with Gasteiger partial charge in [0.2, 0.25) is 0 Å². The molecule has 16 heavy (non-hydrogen) atoms. The van der Waals surface area contributed by atoms with Crippen LogP contribution in [0.2, 0.25) is 0 Å². The average molecular weight is 218 g/mol. The Hall–Kier alpha value is -0.890. The van der Waals surface area contributed by atoms with Gasteiger partial charge >= 0.3 is 0 Å². The molecular weight excluding hydrogens is 196 g/mol. The molecule has 0 aromatic carbocycles. The largest absolute Gasteiger partial charge is 0.308 e. The minimum atomic E-state index is 0.723. The van der Waals surface area contributed by atoms with E-state index in [1.165, 1.54) is 43.4 Å². The molecule has 0 amide bonds. The van der Waals surface area contributed by atoms with Crippen molar-refractivity contribution in [1.29, 1.82) is 0 Å². The van der Waals surface area contributed by atoms with Crippen LogP contribution in [0.3, 0.4) is 0 Å². The highest BCUT2D eigenvalue weighted by atomic mass is 14.9. The SMILES string of the molecule is CCc1cccnc1CNC1CCCCC1. The van der Waals surface area contributed by atoms with Crippen LogP contribution in [0.25, 0.3) is 0 Å². The number of pyridine rings is 1. The van der Waals surface area contributed by atoms with E-state index >= 15 is 0 Å². The van der Waals surface area contributed by atoms with Gasteiger partial charge in [0.15, 0.2) is 0 Å². The van der Waals surface area contributed by atoms with Crippen molar-refractivity contribution < 1.29 is 0 Å². The van der Waals surface area contributed by atoms with Gasteiger partial charge in [-0.15, -0.1) is 0 Å². The predicted octanol–water partition coefficient (Wildman–Crippen LogP) is 3.07. The number of hydrogen-bond donors (Lipinski definition) is 1. The lowest BCUT2D eigenvalue weighted by Crippen LogP contribution is -2.31. The van der Waals surface area contributed by atoms with Crippen molar-refractivity contribution in [3.05, 3.63) is 29.6 Å². The Morgan fingerprint density at radius 2 is 2.12 bits per heavy atom. The molecule has 1 N–H and O–H groups in total. The van der Waals surface area contributed by atoms with E-state index in [1.54, 1.807) is 0 Å². The molecule has 1 aliphatic carbocycles. The summed E-state index contributed by atoms with van der Waals surface area (Å²) < 4.78 is 0. The van der Waals surface area contributed by atoms with Gasteiger partial charge in [-0.3, -0.25) is 4.98 Å². The van der Waals surface area contributed by atoms with E-state index in [0.29, 0.717) is 0 Å². The third-order valence-corrected chi connectivity index (χ3v) is 3.53. The lowest BCUT2D eigenvalue weighted by atomic mass is 9.95. The Kier molecular flexibility index (Phi) is 4.34. The Balaban J connectivity index is 1.88. The molecule has 0 atom stereocenters. The molecule has 0 bridgehead atoms. The van der Waals surface area contributed by atoms with Gasteiger partial charge < -0.3 is 5.32 Å². The minimum absolute atomic E-state index is 0.723. The van der Waals surface area contributed by atoms with Crippen LogP contribution in [0.5, 0.6) is 0 Å². The molecule has 2 rings (SSSR count). The Morgan fingerprint density at radius 3 is 2.88 bits per heavy atom. The second kappa shape index (κ2) is 6.00. The van der Waals surface area contributed by atoms with Crippen molar-refractivity contribution in [2.75, 3.05) is 0 Å². The summed E-state index contributed by atoms with van der Waals surface area (Å²) in [5.74, 6) is 0. The Labute approximate surface area is 98.5 Å². The van der Waals surface area contributed by atoms with E-state index < -0.39 is 0 Å². The molecule has 0 radical (unpaired) electrons. The summed E-state index contributed by atoms with van der Waals surface area (Å²) >= 11 is 0. The summed E-state index contributed by atoms with van der Waals surface area (Å²) in [7, 11) is 0. The van der Waals surface area contributed by atoms with Gasteiger partial charge in [-0.25, -0.2) is 0 Å². The van der Waals surface area contributed by atoms with Crippen LogP contribution in [0.15, 0.2) is 18.3 Å². The van der Waals surface area contributed by atoms with E-state index in [-0.39, 0.29) is 0 Å². The van der Waals surface area contributed by atoms with Crippen molar-refractivity contribution in [3.8, 4) is 0 Å². The molecule has 1 aromatic heterocycles. The number of aromatic nitrogens is 1. The van der Waals surface area contributed by atoms with E-state index in [0.717, 1.165) is 19.0 Å². The summed E-state index contributed by atoms with van der Waals surface area (Å²) in [5.41, 5.74) is 2.61. The van der Waals surface area contributed by atoms with Gasteiger partial charge in [0.25, 0.3) is 0 Å². The van der Waals surface area contributed by atoms with Gasteiger partial charge in [0.05, 0.1) is 5.69 Å². The third kappa shape index (κ3) is 3.05. The molecule has 0 saturated heterocycles. The van der Waals surface area contributed by atoms with Crippen molar-refractivity contribution in [2.45, 2.75) is 58.0 Å². The summed E-state index contributed by atoms with van der Waals surface area (Å²) in [5, 5.41) is 3.65. The van der Waals surface area contributed by atoms with Crippen molar-refractivity contribution in [3.63, 3.8) is 0 Å². The molecule has 1 fully saturated rings. The first kappa shape index (κ1) is 11.6. The zero-order valence-corrected chi connectivity index (χ0v) is 10.2. The molecule has 1 saturated carbocycles. The summed E-state index contributed by atoms with van der Waals surface area (Å²) in [6.45, 7) is 3.13. The monoisotopic (exact) mass is 218 g/mol. The fraction of sp³-hybridized carbons (Fsp3) is 0.643. The summed E-state index contributed by atoms with van der Waals surface area (Å²) in [4.78, 5) is 4.47. The number of nitrogens with one attached hydrogen (secondary N) is 1. The molecule has 0 aliphatic heterocycles. The van der Waals surface area contributed by atoms with Gasteiger partial charge in [0, 0.05) is 18.8 Å². The van der Waals surface area contributed by atoms with Crippen LogP contribution >= 0.6 is 0 Å². The van der Waals surface area contributed by atoms with E-state index in [4.69, 9.17) is 0 Å². The lowest BCUT2D eigenvalue weighted by molar-refractivity contribution is 0.370. The zero-order valence-electron chi connectivity index (χ0n) is 10.2. The summed E-state index contributed by atoms with van der Waals surface area (Å²) in [6.07, 6.45) is 9.86. The van der Waals surface area contributed by atoms with Crippen LogP contribution in [-0.4, -0.2) is 11.0 Å². The molecule has 1 aromatic rings. The lowest BCUT2D eigenvalue weighted by Gasteiger charge is -2.23. The molecule has 0 unspecified atom stereocenters. The van der Waals surface area contributed by atoms with Crippen molar-refractivity contribution >= 4 is 0 Å². The van der Waals surface area contributed by atoms with Crippen LogP contribution in [-0.2, 0) is 13.0 Å². The highest BCUT2D eigenvalue weighted by Crippen LogP contribution is 2.18. The highest BCUT2D eigenvalue weighted by Gasteiger charge is 2.13. The number of nitrogens with zero attached hydrogens (tertiary/aromatic N) is 1. The highest BCUT2D eigenvalue weighted by molar-refractivity contribution is 5.19. The zero-order chi connectivity index (χ0) is 11.2. The molecule has 1 aliphatic rings. The van der Waals surface area contributed by atoms with E-state index in [1.807, 2.05) is 12.3 Å². The molecule has 1 heterocycles. The number of hydrogen-bond acceptors (Lipinski definition) is 2. The fourth-order valence-corrected chi connectivity index (χ4v) is 2.50. The standard InChI is InChI=1S/C14H22N2/c1-2-12-7-6-10-15-14(12)11-16-13-8-4-3-5-9-13/h6-7,10,13,16H,2-5,8-9,11H2,1H3. The third-order valence-electron chi connectivity index (χ3n) is 3.53. The van der Waals surface area contributed by atoms with Crippen molar-refractivity contribution in [2.24, 2.45) is 0 Å². The normalized spacial score (nSPS) is 17.6. The molecule has 0 spiro atoms. The smallest absolute Gasteiger partial charge is 0.0573 e. The molecular formula is C14H22N2. The quantitative estimate of drug-likeness (QED) is 0.840. The second-order valence-electron chi connectivity index (χ2n) is 4.68. The van der Waals surface area contributed by atoms with Crippen LogP contribution in [0.4, 0.5) is 0 Å². The van der Waals surface area contributed by atoms with E-state index in [9.17, 15) is 0 Å². The van der Waals surface area contributed by atoms with Gasteiger partial charge in [-0.2, -0.15) is 0 Å². The number of rotatable bonds is 4. The average Bonchev–Trinajstić information content (AvgIpc) is 2.38. The van der Waals surface area contributed by atoms with Gasteiger partial charge in [0.1, 0.15) is 0 Å². The minimum Gasteiger partial charge on any atom is -0.308 e. The molecule has 88 valence electrons. The first-order chi connectivity index (χ1) is 7.90. The predicted molar refractivity (Wildman–Crippen MR) is 67.3 cm³/mol. The maximum atomic E-state index is 4.47. The summed E-state index contributed by atoms with van der Waals surface area (Å²) in [6, 6.07) is 4.94. The topological polar surface area (TPSA) is 24.9 Å². The molecule has 2 heteroatoms. The first-order valence-corrected chi connectivity index (χ1v) is 6.56. The van der Waals surface area contributed by atoms with Crippen LogP contribution in [0.1, 0.15) is 50.3 Å². The Morgan fingerprint density at radius 1 is 1.31 bits per heavy atom. The van der Waals surface area contributed by atoms with E-state index in [2.05, 4.69) is 23.3 Å². The fourth-order valence-electron chi connectivity index (χ4n) is 2.50. The van der Waals surface area contributed by atoms with Crippen molar-refractivity contribution in [1.82, 2.24) is 10.3 Å². The molecule has 2 nitrogen and oxygen atoms in total. The van der Waals surface area contributed by atoms with Gasteiger partial charge in [-0.05, 0) is 30.9 Å². The second-order valence-corrected chi connectivity index (χ2v) is 4.68. The van der Waals surface area contributed by atoms with Crippen LogP contribution < -0.4 is 5.32 Å². The van der Waals surface area contributed by atoms with Crippen LogP contribution in [0, 0.1) is 0 Å². The maximum Gasteiger partial charge on any atom is 0.0573 e. The Bertz CT molecular complexity index is 316. The first-order valence-electron chi connectivity index (χ1n) is 6.56. The number of aryl methyl sites for hydroxylation is 1.